The topological polar surface area (TPSA) is 81.8 Å². The van der Waals surface area contributed by atoms with Gasteiger partial charge in [0.05, 0.1) is 27.7 Å². The van der Waals surface area contributed by atoms with E-state index in [2.05, 4.69) is 4.99 Å². The summed E-state index contributed by atoms with van der Waals surface area (Å²) in [6.45, 7) is 0. The first kappa shape index (κ1) is 17.6. The zero-order chi connectivity index (χ0) is 17.2. The molecule has 2 rings (SSSR count). The normalized spacial score (nSPS) is 12.3. The predicted molar refractivity (Wildman–Crippen MR) is 93.0 cm³/mol. The van der Waals surface area contributed by atoms with Gasteiger partial charge in [0, 0.05) is 11.8 Å². The van der Waals surface area contributed by atoms with Gasteiger partial charge in [-0.1, -0.05) is 23.2 Å². The van der Waals surface area contributed by atoms with Crippen molar-refractivity contribution in [1.82, 2.24) is 0 Å². The van der Waals surface area contributed by atoms with E-state index in [0.717, 1.165) is 6.26 Å². The quantitative estimate of drug-likeness (QED) is 0.658. The zero-order valence-corrected chi connectivity index (χ0v) is 14.7. The van der Waals surface area contributed by atoms with E-state index >= 15 is 0 Å². The SMILES string of the molecule is COc1c(Cl)cc(C(N)=Nc2ccc(S(C)(=O)=O)cc2)cc1Cl. The van der Waals surface area contributed by atoms with Crippen molar-refractivity contribution in [3.63, 3.8) is 0 Å². The van der Waals surface area contributed by atoms with E-state index < -0.39 is 9.84 Å². The summed E-state index contributed by atoms with van der Waals surface area (Å²) in [6.07, 6.45) is 1.14. The highest BCUT2D eigenvalue weighted by Crippen LogP contribution is 2.34. The first-order chi connectivity index (χ1) is 10.7. The molecule has 0 aliphatic heterocycles. The van der Waals surface area contributed by atoms with Crippen LogP contribution in [-0.2, 0) is 9.84 Å². The second kappa shape index (κ2) is 6.78. The van der Waals surface area contributed by atoms with E-state index in [1.54, 1.807) is 24.3 Å². The Hall–Kier alpha value is -1.76. The zero-order valence-electron chi connectivity index (χ0n) is 12.4. The fraction of sp³-hybridized carbons (Fsp3) is 0.133. The maximum absolute atomic E-state index is 11.4. The van der Waals surface area contributed by atoms with Crippen LogP contribution >= 0.6 is 23.2 Å². The van der Waals surface area contributed by atoms with E-state index in [4.69, 9.17) is 33.7 Å². The molecule has 0 fully saturated rings. The molecule has 122 valence electrons. The van der Waals surface area contributed by atoms with Gasteiger partial charge in [0.25, 0.3) is 0 Å². The van der Waals surface area contributed by atoms with Crippen molar-refractivity contribution < 1.29 is 13.2 Å². The average Bonchev–Trinajstić information content (AvgIpc) is 2.46. The minimum absolute atomic E-state index is 0.198. The smallest absolute Gasteiger partial charge is 0.175 e. The molecule has 8 heteroatoms. The van der Waals surface area contributed by atoms with Crippen molar-refractivity contribution in [2.24, 2.45) is 10.7 Å². The number of aliphatic imine (C=N–C) groups is 1. The number of hydrogen-bond donors (Lipinski definition) is 1. The molecule has 0 amide bonds. The van der Waals surface area contributed by atoms with Crippen molar-refractivity contribution in [3.8, 4) is 5.75 Å². The van der Waals surface area contributed by atoms with E-state index in [-0.39, 0.29) is 10.7 Å². The van der Waals surface area contributed by atoms with Crippen LogP contribution in [0.15, 0.2) is 46.3 Å². The molecular formula is C15H14Cl2N2O3S. The van der Waals surface area contributed by atoms with E-state index in [9.17, 15) is 8.42 Å². The maximum Gasteiger partial charge on any atom is 0.175 e. The molecule has 2 aromatic carbocycles. The van der Waals surface area contributed by atoms with Crippen LogP contribution in [0.3, 0.4) is 0 Å². The molecule has 0 aliphatic rings. The van der Waals surface area contributed by atoms with Gasteiger partial charge in [-0.25, -0.2) is 13.4 Å². The third-order valence-electron chi connectivity index (χ3n) is 3.01. The summed E-state index contributed by atoms with van der Waals surface area (Å²) in [5.74, 6) is 0.561. The summed E-state index contributed by atoms with van der Waals surface area (Å²) >= 11 is 12.1. The molecule has 0 bridgehead atoms. The minimum Gasteiger partial charge on any atom is -0.494 e. The van der Waals surface area contributed by atoms with Crippen LogP contribution in [0.5, 0.6) is 5.75 Å². The van der Waals surface area contributed by atoms with Crippen LogP contribution in [0.1, 0.15) is 5.56 Å². The van der Waals surface area contributed by atoms with Gasteiger partial charge in [0.15, 0.2) is 15.6 Å². The van der Waals surface area contributed by atoms with Crippen LogP contribution < -0.4 is 10.5 Å². The number of amidine groups is 1. The number of nitrogens with zero attached hydrogens (tertiary/aromatic N) is 1. The molecule has 0 spiro atoms. The number of rotatable bonds is 4. The Kier molecular flexibility index (Phi) is 5.19. The van der Waals surface area contributed by atoms with Gasteiger partial charge in [-0.05, 0) is 36.4 Å². The fourth-order valence-corrected chi connectivity index (χ4v) is 3.15. The standard InChI is InChI=1S/C15H14Cl2N2O3S/c1-22-14-12(16)7-9(8-13(14)17)15(18)19-10-3-5-11(6-4-10)23(2,20)21/h3-8H,1-2H3,(H2,18,19). The Morgan fingerprint density at radius 1 is 1.13 bits per heavy atom. The fourth-order valence-electron chi connectivity index (χ4n) is 1.87. The highest BCUT2D eigenvalue weighted by Gasteiger charge is 2.11. The van der Waals surface area contributed by atoms with Crippen molar-refractivity contribution in [2.75, 3.05) is 13.4 Å². The number of halogens is 2. The molecule has 0 aliphatic carbocycles. The molecule has 5 nitrogen and oxygen atoms in total. The van der Waals surface area contributed by atoms with Crippen LogP contribution in [0, 0.1) is 0 Å². The summed E-state index contributed by atoms with van der Waals surface area (Å²) < 4.78 is 27.9. The highest BCUT2D eigenvalue weighted by atomic mass is 35.5. The second-order valence-corrected chi connectivity index (χ2v) is 7.57. The van der Waals surface area contributed by atoms with Crippen molar-refractivity contribution in [3.05, 3.63) is 52.0 Å². The number of benzene rings is 2. The molecule has 2 N–H and O–H groups in total. The van der Waals surface area contributed by atoms with Gasteiger partial charge in [0.2, 0.25) is 0 Å². The Bertz CT molecular complexity index is 840. The molecule has 0 saturated carbocycles. The number of sulfone groups is 1. The Labute approximate surface area is 144 Å². The van der Waals surface area contributed by atoms with E-state index in [1.165, 1.54) is 19.2 Å². The summed E-state index contributed by atoms with van der Waals surface area (Å²) in [5.41, 5.74) is 7.00. The van der Waals surface area contributed by atoms with Crippen LogP contribution in [0.4, 0.5) is 5.69 Å². The third kappa shape index (κ3) is 4.16. The Morgan fingerprint density at radius 3 is 2.09 bits per heavy atom. The van der Waals surface area contributed by atoms with Crippen molar-refractivity contribution in [1.29, 1.82) is 0 Å². The molecule has 0 unspecified atom stereocenters. The summed E-state index contributed by atoms with van der Waals surface area (Å²) in [6, 6.07) is 9.25. The summed E-state index contributed by atoms with van der Waals surface area (Å²) in [5, 5.41) is 0.640. The molecule has 0 radical (unpaired) electrons. The maximum atomic E-state index is 11.4. The van der Waals surface area contributed by atoms with E-state index in [1.807, 2.05) is 0 Å². The largest absolute Gasteiger partial charge is 0.494 e. The molecule has 0 saturated heterocycles. The van der Waals surface area contributed by atoms with Crippen molar-refractivity contribution in [2.45, 2.75) is 4.90 Å². The lowest BCUT2D eigenvalue weighted by molar-refractivity contribution is 0.415. The van der Waals surface area contributed by atoms with Gasteiger partial charge in [0.1, 0.15) is 5.84 Å². The van der Waals surface area contributed by atoms with Gasteiger partial charge < -0.3 is 10.5 Å². The lowest BCUT2D eigenvalue weighted by Gasteiger charge is -2.08. The van der Waals surface area contributed by atoms with Crippen molar-refractivity contribution >= 4 is 44.6 Å². The molecule has 23 heavy (non-hydrogen) atoms. The Balaban J connectivity index is 2.37. The first-order valence-corrected chi connectivity index (χ1v) is 9.05. The van der Waals surface area contributed by atoms with Crippen LogP contribution in [0.2, 0.25) is 10.0 Å². The molecular weight excluding hydrogens is 359 g/mol. The average molecular weight is 373 g/mol. The van der Waals surface area contributed by atoms with Gasteiger partial charge in [-0.3, -0.25) is 0 Å². The van der Waals surface area contributed by atoms with Crippen LogP contribution in [-0.4, -0.2) is 27.6 Å². The second-order valence-electron chi connectivity index (χ2n) is 4.74. The number of ether oxygens (including phenoxy) is 1. The number of hydrogen-bond acceptors (Lipinski definition) is 4. The summed E-state index contributed by atoms with van der Waals surface area (Å²) in [7, 11) is -1.78. The molecule has 0 heterocycles. The van der Waals surface area contributed by atoms with Crippen LogP contribution in [0.25, 0.3) is 0 Å². The third-order valence-corrected chi connectivity index (χ3v) is 4.70. The monoisotopic (exact) mass is 372 g/mol. The molecule has 2 aromatic rings. The summed E-state index contributed by atoms with van der Waals surface area (Å²) in [4.78, 5) is 4.45. The lowest BCUT2D eigenvalue weighted by Crippen LogP contribution is -2.13. The number of nitrogens with two attached hydrogens (primary N) is 1. The van der Waals surface area contributed by atoms with E-state index in [0.29, 0.717) is 27.0 Å². The molecule has 0 atom stereocenters. The predicted octanol–water partition coefficient (Wildman–Crippen LogP) is 3.44. The first-order valence-electron chi connectivity index (χ1n) is 6.40. The minimum atomic E-state index is -3.25. The Morgan fingerprint density at radius 2 is 1.65 bits per heavy atom. The molecule has 0 aromatic heterocycles. The number of methoxy groups -OCH3 is 1. The van der Waals surface area contributed by atoms with Gasteiger partial charge in [-0.2, -0.15) is 0 Å². The van der Waals surface area contributed by atoms with Gasteiger partial charge in [-0.15, -0.1) is 0 Å². The van der Waals surface area contributed by atoms with Gasteiger partial charge >= 0.3 is 0 Å². The highest BCUT2D eigenvalue weighted by molar-refractivity contribution is 7.90. The lowest BCUT2D eigenvalue weighted by atomic mass is 10.2.